The van der Waals surface area contributed by atoms with Gasteiger partial charge in [0.1, 0.15) is 11.6 Å². The van der Waals surface area contributed by atoms with Crippen molar-refractivity contribution in [2.45, 2.75) is 19.1 Å². The second kappa shape index (κ2) is 13.4. The highest BCUT2D eigenvalue weighted by atomic mass is 19.4. The van der Waals surface area contributed by atoms with E-state index in [0.29, 0.717) is 37.5 Å². The molecule has 0 spiro atoms. The van der Waals surface area contributed by atoms with Crippen molar-refractivity contribution in [2.24, 2.45) is 0 Å². The zero-order chi connectivity index (χ0) is 26.7. The zero-order valence-corrected chi connectivity index (χ0v) is 19.6. The monoisotopic (exact) mass is 513 g/mol. The molecule has 8 nitrogen and oxygen atoms in total. The minimum absolute atomic E-state index is 0.0399. The lowest BCUT2D eigenvalue weighted by molar-refractivity contribution is -0.192. The number of benzene rings is 2. The van der Waals surface area contributed by atoms with E-state index in [2.05, 4.69) is 5.32 Å². The molecular formula is C24H27F4N3O5. The first-order valence-electron chi connectivity index (χ1n) is 11.0. The lowest BCUT2D eigenvalue weighted by Crippen LogP contribution is -2.47. The van der Waals surface area contributed by atoms with Crippen LogP contribution in [0.15, 0.2) is 48.5 Å². The highest BCUT2D eigenvalue weighted by Crippen LogP contribution is 2.16. The lowest BCUT2D eigenvalue weighted by Gasteiger charge is -2.29. The molecule has 1 saturated heterocycles. The molecule has 2 aromatic rings. The number of hydrogen-bond donors (Lipinski definition) is 2. The molecular weight excluding hydrogens is 486 g/mol. The van der Waals surface area contributed by atoms with Crippen LogP contribution in [0.1, 0.15) is 22.3 Å². The van der Waals surface area contributed by atoms with Gasteiger partial charge in [0, 0.05) is 51.3 Å². The zero-order valence-electron chi connectivity index (χ0n) is 19.6. The van der Waals surface area contributed by atoms with Crippen molar-refractivity contribution in [3.05, 3.63) is 65.5 Å². The Kier molecular flexibility index (Phi) is 10.7. The molecule has 12 heteroatoms. The van der Waals surface area contributed by atoms with Gasteiger partial charge in [0.2, 0.25) is 5.91 Å². The number of nitrogens with zero attached hydrogens (tertiary/aromatic N) is 2. The van der Waals surface area contributed by atoms with E-state index in [0.717, 1.165) is 18.7 Å². The molecule has 0 radical (unpaired) electrons. The molecule has 0 unspecified atom stereocenters. The third kappa shape index (κ3) is 9.17. The Hall–Kier alpha value is -3.67. The summed E-state index contributed by atoms with van der Waals surface area (Å²) in [7, 11) is 1.57. The van der Waals surface area contributed by atoms with Gasteiger partial charge in [-0.3, -0.25) is 9.59 Å². The predicted octanol–water partition coefficient (Wildman–Crippen LogP) is 2.93. The van der Waals surface area contributed by atoms with Crippen molar-refractivity contribution < 1.29 is 41.8 Å². The Bertz CT molecular complexity index is 1010. The molecule has 1 fully saturated rings. The van der Waals surface area contributed by atoms with Gasteiger partial charge in [-0.15, -0.1) is 0 Å². The van der Waals surface area contributed by atoms with Gasteiger partial charge in [-0.1, -0.05) is 12.1 Å². The molecule has 2 amide bonds. The number of halogens is 4. The SMILES string of the molecule is COc1ccc(C(=O)N(CCC(=O)N2CCNCC2)Cc2ccc(F)cc2)cc1.O=C(O)C(F)(F)F. The molecule has 196 valence electrons. The van der Waals surface area contributed by atoms with Crippen LogP contribution in [-0.2, 0) is 16.1 Å². The number of carboxylic acid groups (broad SMARTS) is 1. The summed E-state index contributed by atoms with van der Waals surface area (Å²) in [5.41, 5.74) is 1.32. The van der Waals surface area contributed by atoms with Gasteiger partial charge in [0.05, 0.1) is 7.11 Å². The van der Waals surface area contributed by atoms with E-state index in [9.17, 15) is 27.2 Å². The highest BCUT2D eigenvalue weighted by Gasteiger charge is 2.38. The van der Waals surface area contributed by atoms with Gasteiger partial charge in [-0.2, -0.15) is 13.2 Å². The van der Waals surface area contributed by atoms with E-state index in [1.165, 1.54) is 12.1 Å². The lowest BCUT2D eigenvalue weighted by atomic mass is 10.1. The van der Waals surface area contributed by atoms with E-state index >= 15 is 0 Å². The van der Waals surface area contributed by atoms with E-state index in [1.54, 1.807) is 48.4 Å². The van der Waals surface area contributed by atoms with Crippen molar-refractivity contribution in [1.29, 1.82) is 0 Å². The minimum atomic E-state index is -5.08. The second-order valence-electron chi connectivity index (χ2n) is 7.77. The number of amides is 2. The topological polar surface area (TPSA) is 99.2 Å². The molecule has 1 aliphatic rings. The van der Waals surface area contributed by atoms with Gasteiger partial charge in [0.15, 0.2) is 0 Å². The van der Waals surface area contributed by atoms with Crippen molar-refractivity contribution in [1.82, 2.24) is 15.1 Å². The summed E-state index contributed by atoms with van der Waals surface area (Å²) in [5.74, 6) is -2.55. The van der Waals surface area contributed by atoms with E-state index < -0.39 is 12.1 Å². The predicted molar refractivity (Wildman–Crippen MR) is 122 cm³/mol. The summed E-state index contributed by atoms with van der Waals surface area (Å²) in [4.78, 5) is 38.0. The van der Waals surface area contributed by atoms with Crippen molar-refractivity contribution in [3.63, 3.8) is 0 Å². The van der Waals surface area contributed by atoms with Crippen LogP contribution in [0, 0.1) is 5.82 Å². The van der Waals surface area contributed by atoms with Crippen LogP contribution in [0.5, 0.6) is 5.75 Å². The van der Waals surface area contributed by atoms with Gasteiger partial charge in [0.25, 0.3) is 5.91 Å². The van der Waals surface area contributed by atoms with E-state index in [-0.39, 0.29) is 24.1 Å². The van der Waals surface area contributed by atoms with Crippen LogP contribution in [0.3, 0.4) is 0 Å². The average Bonchev–Trinajstić information content (AvgIpc) is 2.87. The fourth-order valence-electron chi connectivity index (χ4n) is 3.28. The maximum absolute atomic E-state index is 13.2. The van der Waals surface area contributed by atoms with Crippen LogP contribution in [0.4, 0.5) is 17.6 Å². The maximum atomic E-state index is 13.2. The van der Waals surface area contributed by atoms with Crippen molar-refractivity contribution >= 4 is 17.8 Å². The van der Waals surface area contributed by atoms with Crippen molar-refractivity contribution in [2.75, 3.05) is 39.8 Å². The summed E-state index contributed by atoms with van der Waals surface area (Å²) in [6.07, 6.45) is -4.83. The van der Waals surface area contributed by atoms with Crippen LogP contribution in [0.2, 0.25) is 0 Å². The van der Waals surface area contributed by atoms with Crippen LogP contribution in [0.25, 0.3) is 0 Å². The molecule has 0 atom stereocenters. The Morgan fingerprint density at radius 2 is 1.58 bits per heavy atom. The number of carbonyl (C=O) groups is 3. The largest absolute Gasteiger partial charge is 0.497 e. The first kappa shape index (κ1) is 28.6. The molecule has 1 heterocycles. The first-order chi connectivity index (χ1) is 17.0. The van der Waals surface area contributed by atoms with E-state index in [1.807, 2.05) is 4.90 Å². The number of nitrogens with one attached hydrogen (secondary N) is 1. The van der Waals surface area contributed by atoms with E-state index in [4.69, 9.17) is 14.6 Å². The number of hydrogen-bond acceptors (Lipinski definition) is 5. The number of ether oxygens (including phenoxy) is 1. The van der Waals surface area contributed by atoms with Crippen LogP contribution < -0.4 is 10.1 Å². The Labute approximate surface area is 205 Å². The third-order valence-electron chi connectivity index (χ3n) is 5.22. The van der Waals surface area contributed by atoms with Gasteiger partial charge >= 0.3 is 12.1 Å². The summed E-state index contributed by atoms with van der Waals surface area (Å²) in [5, 5.41) is 10.3. The maximum Gasteiger partial charge on any atom is 0.490 e. The average molecular weight is 513 g/mol. The van der Waals surface area contributed by atoms with Gasteiger partial charge in [-0.05, 0) is 42.0 Å². The number of piperazine rings is 1. The van der Waals surface area contributed by atoms with Crippen molar-refractivity contribution in [3.8, 4) is 5.75 Å². The number of carboxylic acids is 1. The van der Waals surface area contributed by atoms with Crippen LogP contribution >= 0.6 is 0 Å². The number of carbonyl (C=O) groups excluding carboxylic acids is 2. The van der Waals surface area contributed by atoms with Gasteiger partial charge < -0.3 is 25.0 Å². The quantitative estimate of drug-likeness (QED) is 0.553. The fraction of sp³-hybridized carbons (Fsp3) is 0.375. The number of methoxy groups -OCH3 is 1. The molecule has 0 aromatic heterocycles. The second-order valence-corrected chi connectivity index (χ2v) is 7.77. The standard InChI is InChI=1S/C22H26FN3O3.C2HF3O2/c1-29-20-8-4-18(5-9-20)22(28)26(16-17-2-6-19(23)7-3-17)13-10-21(27)25-14-11-24-12-15-25;3-2(4,5)1(6)7/h2-9,24H,10-16H2,1H3;(H,6,7). The Balaban J connectivity index is 0.000000572. The number of aliphatic carboxylic acids is 1. The molecule has 0 aliphatic carbocycles. The number of alkyl halides is 3. The summed E-state index contributed by atoms with van der Waals surface area (Å²) < 4.78 is 50.1. The summed E-state index contributed by atoms with van der Waals surface area (Å²) in [6, 6.07) is 12.9. The fourth-order valence-corrected chi connectivity index (χ4v) is 3.28. The molecule has 2 aromatic carbocycles. The minimum Gasteiger partial charge on any atom is -0.497 e. The summed E-state index contributed by atoms with van der Waals surface area (Å²) in [6.45, 7) is 3.54. The Morgan fingerprint density at radius 1 is 1.03 bits per heavy atom. The first-order valence-corrected chi connectivity index (χ1v) is 11.0. The smallest absolute Gasteiger partial charge is 0.490 e. The third-order valence-corrected chi connectivity index (χ3v) is 5.22. The summed E-state index contributed by atoms with van der Waals surface area (Å²) >= 11 is 0. The molecule has 0 bridgehead atoms. The molecule has 2 N–H and O–H groups in total. The highest BCUT2D eigenvalue weighted by molar-refractivity contribution is 5.94. The number of rotatable bonds is 7. The normalized spacial score (nSPS) is 13.3. The molecule has 0 saturated carbocycles. The van der Waals surface area contributed by atoms with Crippen LogP contribution in [-0.4, -0.2) is 78.7 Å². The molecule has 1 aliphatic heterocycles. The van der Waals surface area contributed by atoms with Gasteiger partial charge in [-0.25, -0.2) is 9.18 Å². The molecule has 36 heavy (non-hydrogen) atoms. The Morgan fingerprint density at radius 3 is 2.08 bits per heavy atom. The molecule has 3 rings (SSSR count).